The Hall–Kier alpha value is -3.06. The summed E-state index contributed by atoms with van der Waals surface area (Å²) in [6.45, 7) is 0.422. The molecule has 0 spiro atoms. The second-order valence-electron chi connectivity index (χ2n) is 6.00. The Morgan fingerprint density at radius 2 is 2.15 bits per heavy atom. The Morgan fingerprint density at radius 3 is 2.88 bits per heavy atom. The topological polar surface area (TPSA) is 75.2 Å². The van der Waals surface area contributed by atoms with Crippen molar-refractivity contribution < 1.29 is 11.0 Å². The van der Waals surface area contributed by atoms with Gasteiger partial charge in [0.25, 0.3) is 5.91 Å². The molecular formula is C19H18N4O2S. The van der Waals surface area contributed by atoms with Crippen LogP contribution in [0.15, 0.2) is 60.4 Å². The van der Waals surface area contributed by atoms with Crippen molar-refractivity contribution in [2.75, 3.05) is 5.32 Å². The van der Waals surface area contributed by atoms with E-state index in [1.54, 1.807) is 34.9 Å². The molecule has 1 aliphatic heterocycles. The first-order valence-corrected chi connectivity index (χ1v) is 9.08. The molecule has 3 heterocycles. The summed E-state index contributed by atoms with van der Waals surface area (Å²) >= 11 is 1.35. The molecule has 1 atom stereocenters. The molecule has 2 amide bonds. The molecule has 0 saturated carbocycles. The van der Waals surface area contributed by atoms with Crippen LogP contribution in [0.25, 0.3) is 0 Å². The van der Waals surface area contributed by atoms with Gasteiger partial charge in [-0.1, -0.05) is 24.3 Å². The lowest BCUT2D eigenvalue weighted by atomic mass is 10.1. The van der Waals surface area contributed by atoms with Crippen molar-refractivity contribution in [2.45, 2.75) is 19.0 Å². The van der Waals surface area contributed by atoms with Gasteiger partial charge in [0.05, 0.1) is 0 Å². The number of rotatable bonds is 5. The predicted octanol–water partition coefficient (Wildman–Crippen LogP) is 2.99. The highest BCUT2D eigenvalue weighted by Gasteiger charge is 2.36. The molecule has 0 radical (unpaired) electrons. The molecule has 0 saturated heterocycles. The second-order valence-corrected chi connectivity index (χ2v) is 6.89. The minimum atomic E-state index is -0.636. The van der Waals surface area contributed by atoms with Crippen molar-refractivity contribution >= 4 is 28.3 Å². The van der Waals surface area contributed by atoms with E-state index in [9.17, 15) is 9.59 Å². The summed E-state index contributed by atoms with van der Waals surface area (Å²) in [5, 5.41) is 5.14. The molecule has 1 unspecified atom stereocenters. The number of hydrogen-bond acceptors (Lipinski definition) is 5. The molecule has 4 rings (SSSR count). The molecule has 3 aromatic rings. The van der Waals surface area contributed by atoms with Gasteiger partial charge >= 0.3 is 0 Å². The van der Waals surface area contributed by atoms with Gasteiger partial charge in [-0.15, -0.1) is 11.3 Å². The Balaban J connectivity index is 0.00000210. The van der Waals surface area contributed by atoms with Crippen LogP contribution in [-0.2, 0) is 17.8 Å². The van der Waals surface area contributed by atoms with E-state index < -0.39 is 6.04 Å². The summed E-state index contributed by atoms with van der Waals surface area (Å²) in [7, 11) is 0. The van der Waals surface area contributed by atoms with Gasteiger partial charge in [0, 0.05) is 43.9 Å². The quantitative estimate of drug-likeness (QED) is 0.753. The number of anilines is 1. The fraction of sp³-hybridized carbons (Fsp3) is 0.158. The smallest absolute Gasteiger partial charge is 0.255 e. The predicted molar refractivity (Wildman–Crippen MR) is 101 cm³/mol. The molecule has 7 heteroatoms. The highest BCUT2D eigenvalue weighted by molar-refractivity contribution is 7.13. The molecule has 0 fully saturated rings. The average molecular weight is 366 g/mol. The van der Waals surface area contributed by atoms with E-state index in [4.69, 9.17) is 0 Å². The van der Waals surface area contributed by atoms with Crippen LogP contribution in [-0.4, -0.2) is 32.7 Å². The average Bonchev–Trinajstić information content (AvgIpc) is 3.29. The van der Waals surface area contributed by atoms with Crippen LogP contribution in [0.1, 0.15) is 22.9 Å². The van der Waals surface area contributed by atoms with Crippen molar-refractivity contribution in [3.63, 3.8) is 0 Å². The Bertz CT molecular complexity index is 934. The largest absolute Gasteiger partial charge is 0.322 e. The molecule has 0 aliphatic carbocycles. The normalized spacial score (nSPS) is 14.2. The van der Waals surface area contributed by atoms with E-state index in [-0.39, 0.29) is 13.2 Å². The number of hydrogen-bond donors (Lipinski definition) is 1. The molecule has 26 heavy (non-hydrogen) atoms. The third-order valence-corrected chi connectivity index (χ3v) is 5.03. The number of carbonyl (C=O) groups excluding carboxylic acids is 2. The van der Waals surface area contributed by atoms with E-state index >= 15 is 0 Å². The summed E-state index contributed by atoms with van der Waals surface area (Å²) < 4.78 is 0. The molecule has 1 N–H and O–H groups in total. The Kier molecular flexibility index (Phi) is 4.45. The van der Waals surface area contributed by atoms with E-state index in [0.717, 1.165) is 11.1 Å². The van der Waals surface area contributed by atoms with Crippen molar-refractivity contribution in [2.24, 2.45) is 0 Å². The molecule has 2 aromatic heterocycles. The monoisotopic (exact) mass is 366 g/mol. The van der Waals surface area contributed by atoms with E-state index in [0.29, 0.717) is 23.7 Å². The third-order valence-electron chi connectivity index (χ3n) is 4.34. The van der Waals surface area contributed by atoms with Crippen LogP contribution in [0.3, 0.4) is 0 Å². The summed E-state index contributed by atoms with van der Waals surface area (Å²) in [5.74, 6) is -0.367. The standard InChI is InChI=1S/C19H16N4O2S.H2/c24-17(22-19-21-8-9-26-19)16(10-13-4-3-7-20-11-13)23-12-14-5-1-2-6-15(14)18(23)25;/h1-9,11,16H,10,12H2,(H,21,22,24);1H. The van der Waals surface area contributed by atoms with Crippen molar-refractivity contribution in [1.82, 2.24) is 14.9 Å². The highest BCUT2D eigenvalue weighted by Crippen LogP contribution is 2.26. The van der Waals surface area contributed by atoms with Gasteiger partial charge in [0.1, 0.15) is 6.04 Å². The lowest BCUT2D eigenvalue weighted by molar-refractivity contribution is -0.120. The summed E-state index contributed by atoms with van der Waals surface area (Å²) in [6.07, 6.45) is 5.43. The molecule has 6 nitrogen and oxygen atoms in total. The third kappa shape index (κ3) is 3.21. The molecule has 1 aliphatic rings. The van der Waals surface area contributed by atoms with Crippen molar-refractivity contribution in [3.8, 4) is 0 Å². The minimum Gasteiger partial charge on any atom is -0.322 e. The van der Waals surface area contributed by atoms with Crippen LogP contribution >= 0.6 is 11.3 Å². The maximum atomic E-state index is 12.9. The number of pyridine rings is 1. The molecular weight excluding hydrogens is 348 g/mol. The number of nitrogens with one attached hydrogen (secondary N) is 1. The van der Waals surface area contributed by atoms with Gasteiger partial charge in [0.15, 0.2) is 5.13 Å². The summed E-state index contributed by atoms with van der Waals surface area (Å²) in [4.78, 5) is 35.6. The highest BCUT2D eigenvalue weighted by atomic mass is 32.1. The zero-order valence-electron chi connectivity index (χ0n) is 13.8. The second kappa shape index (κ2) is 7.05. The number of aromatic nitrogens is 2. The van der Waals surface area contributed by atoms with Crippen molar-refractivity contribution in [3.05, 3.63) is 77.1 Å². The summed E-state index contributed by atoms with van der Waals surface area (Å²) in [5.41, 5.74) is 2.50. The van der Waals surface area contributed by atoms with E-state index in [2.05, 4.69) is 15.3 Å². The number of fused-ring (bicyclic) bond motifs is 1. The maximum Gasteiger partial charge on any atom is 0.255 e. The number of amides is 2. The van der Waals surface area contributed by atoms with Gasteiger partial charge in [-0.25, -0.2) is 4.98 Å². The van der Waals surface area contributed by atoms with Gasteiger partial charge in [-0.05, 0) is 23.3 Å². The minimum absolute atomic E-state index is 0. The fourth-order valence-electron chi connectivity index (χ4n) is 3.09. The van der Waals surface area contributed by atoms with Crippen LogP contribution in [0.4, 0.5) is 5.13 Å². The molecule has 1 aromatic carbocycles. The first-order valence-electron chi connectivity index (χ1n) is 8.20. The lowest BCUT2D eigenvalue weighted by Crippen LogP contribution is -2.45. The maximum absolute atomic E-state index is 12.9. The Labute approximate surface area is 156 Å². The van der Waals surface area contributed by atoms with E-state index in [1.165, 1.54) is 11.3 Å². The first-order chi connectivity index (χ1) is 12.7. The number of thiazole rings is 1. The van der Waals surface area contributed by atoms with E-state index in [1.807, 2.05) is 30.3 Å². The molecule has 0 bridgehead atoms. The van der Waals surface area contributed by atoms with Gasteiger partial charge in [-0.2, -0.15) is 0 Å². The van der Waals surface area contributed by atoms with Gasteiger partial charge in [0.2, 0.25) is 5.91 Å². The first kappa shape index (κ1) is 16.4. The fourth-order valence-corrected chi connectivity index (χ4v) is 3.62. The zero-order valence-corrected chi connectivity index (χ0v) is 14.6. The van der Waals surface area contributed by atoms with Crippen LogP contribution in [0.5, 0.6) is 0 Å². The zero-order chi connectivity index (χ0) is 17.9. The lowest BCUT2D eigenvalue weighted by Gasteiger charge is -2.26. The number of nitrogens with zero attached hydrogens (tertiary/aromatic N) is 3. The number of benzene rings is 1. The van der Waals surface area contributed by atoms with Crippen LogP contribution in [0.2, 0.25) is 0 Å². The van der Waals surface area contributed by atoms with Crippen LogP contribution in [0, 0.1) is 0 Å². The van der Waals surface area contributed by atoms with Gasteiger partial charge < -0.3 is 10.2 Å². The Morgan fingerprint density at radius 1 is 1.27 bits per heavy atom. The summed E-state index contributed by atoms with van der Waals surface area (Å²) in [6, 6.07) is 10.6. The van der Waals surface area contributed by atoms with Crippen molar-refractivity contribution in [1.29, 1.82) is 0 Å². The molecule has 132 valence electrons. The number of carbonyl (C=O) groups is 2. The van der Waals surface area contributed by atoms with Crippen LogP contribution < -0.4 is 5.32 Å². The van der Waals surface area contributed by atoms with Gasteiger partial charge in [-0.3, -0.25) is 14.6 Å². The SMILES string of the molecule is O=C(Nc1nccs1)C(Cc1cccnc1)N1Cc2ccccc2C1=O.[HH].